The fourth-order valence-corrected chi connectivity index (χ4v) is 2.28. The topological polar surface area (TPSA) is 50.9 Å². The standard InChI is InChI=1S/C17H21F2N3/c1-10(2)22-16-8-12(9-21-11(16)3)4-5-13-14(18)6-7-15(20)17(13)19/h6-10,22H,4-5,20H2,1-3H3. The molecule has 0 amide bonds. The quantitative estimate of drug-likeness (QED) is 0.825. The van der Waals surface area contributed by atoms with Crippen molar-refractivity contribution in [2.75, 3.05) is 11.1 Å². The zero-order chi connectivity index (χ0) is 16.3. The van der Waals surface area contributed by atoms with Crippen LogP contribution in [0.1, 0.15) is 30.7 Å². The Morgan fingerprint density at radius 3 is 2.64 bits per heavy atom. The summed E-state index contributed by atoms with van der Waals surface area (Å²) in [5.41, 5.74) is 8.27. The molecule has 0 aliphatic carbocycles. The molecule has 0 atom stereocenters. The summed E-state index contributed by atoms with van der Waals surface area (Å²) in [6.45, 7) is 6.01. The Balaban J connectivity index is 2.17. The van der Waals surface area contributed by atoms with Crippen LogP contribution in [0, 0.1) is 18.6 Å². The fourth-order valence-electron chi connectivity index (χ4n) is 2.28. The molecule has 0 aliphatic heterocycles. The molecule has 0 fully saturated rings. The molecular formula is C17H21F2N3. The monoisotopic (exact) mass is 305 g/mol. The van der Waals surface area contributed by atoms with Crippen molar-refractivity contribution in [3.63, 3.8) is 0 Å². The van der Waals surface area contributed by atoms with Crippen molar-refractivity contribution in [1.82, 2.24) is 4.98 Å². The lowest BCUT2D eigenvalue weighted by atomic mass is 10.0. The van der Waals surface area contributed by atoms with Crippen LogP contribution in [0.3, 0.4) is 0 Å². The number of aryl methyl sites for hydroxylation is 2. The van der Waals surface area contributed by atoms with Crippen LogP contribution in [0.15, 0.2) is 24.4 Å². The molecule has 1 aromatic heterocycles. The van der Waals surface area contributed by atoms with Crippen LogP contribution in [0.2, 0.25) is 0 Å². The number of rotatable bonds is 5. The Kier molecular flexibility index (Phi) is 4.96. The van der Waals surface area contributed by atoms with Gasteiger partial charge in [0, 0.05) is 17.8 Å². The summed E-state index contributed by atoms with van der Waals surface area (Å²) in [7, 11) is 0. The molecule has 22 heavy (non-hydrogen) atoms. The van der Waals surface area contributed by atoms with E-state index in [9.17, 15) is 8.78 Å². The minimum atomic E-state index is -0.666. The molecule has 0 saturated heterocycles. The average Bonchev–Trinajstić information content (AvgIpc) is 2.46. The second-order valence-corrected chi connectivity index (χ2v) is 5.70. The van der Waals surface area contributed by atoms with Crippen molar-refractivity contribution in [3.8, 4) is 0 Å². The van der Waals surface area contributed by atoms with E-state index in [1.807, 2.05) is 26.8 Å². The molecule has 0 unspecified atom stereocenters. The predicted molar refractivity (Wildman–Crippen MR) is 85.9 cm³/mol. The number of nitrogen functional groups attached to an aromatic ring is 1. The van der Waals surface area contributed by atoms with Gasteiger partial charge in [0.2, 0.25) is 0 Å². The Morgan fingerprint density at radius 1 is 1.23 bits per heavy atom. The smallest absolute Gasteiger partial charge is 0.152 e. The first-order chi connectivity index (χ1) is 10.4. The van der Waals surface area contributed by atoms with Crippen molar-refractivity contribution in [2.45, 2.75) is 39.7 Å². The maximum atomic E-state index is 13.9. The van der Waals surface area contributed by atoms with Gasteiger partial charge in [0.1, 0.15) is 5.82 Å². The minimum absolute atomic E-state index is 0.0268. The van der Waals surface area contributed by atoms with Gasteiger partial charge in [-0.15, -0.1) is 0 Å². The molecule has 118 valence electrons. The van der Waals surface area contributed by atoms with Gasteiger partial charge in [-0.2, -0.15) is 0 Å². The molecule has 0 radical (unpaired) electrons. The van der Waals surface area contributed by atoms with Crippen LogP contribution in [0.25, 0.3) is 0 Å². The molecule has 5 heteroatoms. The molecule has 0 aliphatic rings. The van der Waals surface area contributed by atoms with Gasteiger partial charge in [-0.1, -0.05) is 0 Å². The molecule has 3 nitrogen and oxygen atoms in total. The van der Waals surface area contributed by atoms with Gasteiger partial charge >= 0.3 is 0 Å². The normalized spacial score (nSPS) is 11.0. The SMILES string of the molecule is Cc1ncc(CCc2c(F)ccc(N)c2F)cc1NC(C)C. The van der Waals surface area contributed by atoms with Crippen LogP contribution in [-0.2, 0) is 12.8 Å². The van der Waals surface area contributed by atoms with Crippen LogP contribution in [-0.4, -0.2) is 11.0 Å². The summed E-state index contributed by atoms with van der Waals surface area (Å²) in [4.78, 5) is 4.33. The molecule has 0 spiro atoms. The Bertz CT molecular complexity index is 669. The lowest BCUT2D eigenvalue weighted by Crippen LogP contribution is -2.12. The van der Waals surface area contributed by atoms with Gasteiger partial charge in [-0.25, -0.2) is 8.78 Å². The number of nitrogens with one attached hydrogen (secondary N) is 1. The number of hydrogen-bond acceptors (Lipinski definition) is 3. The number of hydrogen-bond donors (Lipinski definition) is 2. The highest BCUT2D eigenvalue weighted by atomic mass is 19.1. The van der Waals surface area contributed by atoms with Crippen molar-refractivity contribution in [2.24, 2.45) is 0 Å². The van der Waals surface area contributed by atoms with E-state index in [4.69, 9.17) is 5.73 Å². The first kappa shape index (κ1) is 16.2. The number of aromatic nitrogens is 1. The van der Waals surface area contributed by atoms with E-state index in [1.54, 1.807) is 6.20 Å². The molecule has 1 aromatic carbocycles. The third-order valence-electron chi connectivity index (χ3n) is 3.47. The molecule has 2 rings (SSSR count). The second kappa shape index (κ2) is 6.73. The molecule has 0 bridgehead atoms. The van der Waals surface area contributed by atoms with Crippen LogP contribution in [0.5, 0.6) is 0 Å². The van der Waals surface area contributed by atoms with E-state index in [0.29, 0.717) is 12.5 Å². The van der Waals surface area contributed by atoms with E-state index in [-0.39, 0.29) is 17.7 Å². The third kappa shape index (κ3) is 3.72. The number of nitrogens with two attached hydrogens (primary N) is 1. The average molecular weight is 305 g/mol. The third-order valence-corrected chi connectivity index (χ3v) is 3.47. The van der Waals surface area contributed by atoms with Crippen LogP contribution in [0.4, 0.5) is 20.2 Å². The highest BCUT2D eigenvalue weighted by Crippen LogP contribution is 2.22. The van der Waals surface area contributed by atoms with Crippen LogP contribution >= 0.6 is 0 Å². The molecule has 0 saturated carbocycles. The lowest BCUT2D eigenvalue weighted by molar-refractivity contribution is 0.557. The van der Waals surface area contributed by atoms with Gasteiger partial charge in [-0.3, -0.25) is 4.98 Å². The minimum Gasteiger partial charge on any atom is -0.396 e. The molecule has 2 aromatic rings. The van der Waals surface area contributed by atoms with Gasteiger partial charge < -0.3 is 11.1 Å². The molecule has 3 N–H and O–H groups in total. The summed E-state index contributed by atoms with van der Waals surface area (Å²) in [6, 6.07) is 4.71. The predicted octanol–water partition coefficient (Wildman–Crippen LogP) is 3.86. The number of anilines is 2. The maximum Gasteiger partial charge on any atom is 0.152 e. The van der Waals surface area contributed by atoms with Gasteiger partial charge in [-0.05, 0) is 57.4 Å². The first-order valence-corrected chi connectivity index (χ1v) is 7.33. The highest BCUT2D eigenvalue weighted by Gasteiger charge is 2.12. The zero-order valence-corrected chi connectivity index (χ0v) is 13.1. The molecular weight excluding hydrogens is 284 g/mol. The second-order valence-electron chi connectivity index (χ2n) is 5.70. The number of benzene rings is 1. The van der Waals surface area contributed by atoms with Crippen molar-refractivity contribution in [1.29, 1.82) is 0 Å². The molecule has 1 heterocycles. The Hall–Kier alpha value is -2.17. The van der Waals surface area contributed by atoms with Crippen LogP contribution < -0.4 is 11.1 Å². The van der Waals surface area contributed by atoms with Gasteiger partial charge in [0.05, 0.1) is 17.1 Å². The maximum absolute atomic E-state index is 13.9. The van der Waals surface area contributed by atoms with E-state index < -0.39 is 11.6 Å². The lowest BCUT2D eigenvalue weighted by Gasteiger charge is -2.14. The largest absolute Gasteiger partial charge is 0.396 e. The van der Waals surface area contributed by atoms with Gasteiger partial charge in [0.15, 0.2) is 5.82 Å². The first-order valence-electron chi connectivity index (χ1n) is 7.33. The summed E-state index contributed by atoms with van der Waals surface area (Å²) in [6.07, 6.45) is 2.48. The summed E-state index contributed by atoms with van der Waals surface area (Å²) in [5.74, 6) is -1.23. The van der Waals surface area contributed by atoms with Crippen molar-refractivity contribution < 1.29 is 8.78 Å². The summed E-state index contributed by atoms with van der Waals surface area (Å²) in [5, 5.41) is 3.31. The van der Waals surface area contributed by atoms with E-state index in [0.717, 1.165) is 16.9 Å². The fraction of sp³-hybridized carbons (Fsp3) is 0.353. The zero-order valence-electron chi connectivity index (χ0n) is 13.1. The Morgan fingerprint density at radius 2 is 1.95 bits per heavy atom. The van der Waals surface area contributed by atoms with E-state index in [2.05, 4.69) is 10.3 Å². The van der Waals surface area contributed by atoms with E-state index >= 15 is 0 Å². The Labute approximate surface area is 129 Å². The van der Waals surface area contributed by atoms with Crippen molar-refractivity contribution >= 4 is 11.4 Å². The van der Waals surface area contributed by atoms with Gasteiger partial charge in [0.25, 0.3) is 0 Å². The van der Waals surface area contributed by atoms with Crippen molar-refractivity contribution in [3.05, 3.63) is 52.9 Å². The summed E-state index contributed by atoms with van der Waals surface area (Å²) >= 11 is 0. The number of pyridine rings is 1. The van der Waals surface area contributed by atoms with E-state index in [1.165, 1.54) is 12.1 Å². The number of halogens is 2. The highest BCUT2D eigenvalue weighted by molar-refractivity contribution is 5.50. The number of nitrogens with zero attached hydrogens (tertiary/aromatic N) is 1. The summed E-state index contributed by atoms with van der Waals surface area (Å²) < 4.78 is 27.6.